The molecule has 0 radical (unpaired) electrons. The second-order valence-corrected chi connectivity index (χ2v) is 5.51. The van der Waals surface area contributed by atoms with Crippen molar-refractivity contribution in [2.75, 3.05) is 6.61 Å². The van der Waals surface area contributed by atoms with Crippen LogP contribution in [-0.4, -0.2) is 18.5 Å². The van der Waals surface area contributed by atoms with E-state index in [1.54, 1.807) is 6.08 Å². The molecule has 0 unspecified atom stereocenters. The van der Waals surface area contributed by atoms with Crippen LogP contribution in [0.15, 0.2) is 48.5 Å². The van der Waals surface area contributed by atoms with Gasteiger partial charge in [-0.25, -0.2) is 4.39 Å². The Morgan fingerprint density at radius 1 is 1.12 bits per heavy atom. The van der Waals surface area contributed by atoms with E-state index in [9.17, 15) is 9.18 Å². The number of carbonyl (C=O) groups is 1. The maximum atomic E-state index is 12.9. The number of allylic oxidation sites excluding steroid dienone is 1. The van der Waals surface area contributed by atoms with E-state index in [2.05, 4.69) is 0 Å². The van der Waals surface area contributed by atoms with Crippen molar-refractivity contribution in [1.29, 1.82) is 0 Å². The Bertz CT molecular complexity index is 718. The van der Waals surface area contributed by atoms with Crippen LogP contribution in [0.4, 0.5) is 4.39 Å². The van der Waals surface area contributed by atoms with Gasteiger partial charge in [0, 0.05) is 5.56 Å². The van der Waals surface area contributed by atoms with Gasteiger partial charge in [0.05, 0.1) is 12.7 Å². The minimum absolute atomic E-state index is 0.0469. The molecule has 24 heavy (non-hydrogen) atoms. The number of hydrogen-bond donors (Lipinski definition) is 0. The van der Waals surface area contributed by atoms with Crippen molar-refractivity contribution in [1.82, 2.24) is 0 Å². The van der Waals surface area contributed by atoms with Crippen LogP contribution in [0.1, 0.15) is 36.7 Å². The third-order valence-corrected chi connectivity index (χ3v) is 3.19. The van der Waals surface area contributed by atoms with Gasteiger partial charge in [-0.05, 0) is 68.8 Å². The molecule has 0 aromatic heterocycles. The second-order valence-electron chi connectivity index (χ2n) is 5.51. The number of benzene rings is 2. The standard InChI is InChI=1S/C20H21FO3/c1-4-23-20-13-15(6-12-19(20)24-14(2)3)5-11-18(22)16-7-9-17(21)10-8-16/h5-14H,4H2,1-3H3. The first-order chi connectivity index (χ1) is 11.5. The Morgan fingerprint density at radius 2 is 1.83 bits per heavy atom. The van der Waals surface area contributed by atoms with Gasteiger partial charge >= 0.3 is 0 Å². The van der Waals surface area contributed by atoms with Crippen molar-refractivity contribution in [3.63, 3.8) is 0 Å². The summed E-state index contributed by atoms with van der Waals surface area (Å²) < 4.78 is 24.2. The van der Waals surface area contributed by atoms with Gasteiger partial charge in [0.2, 0.25) is 0 Å². The molecule has 0 N–H and O–H groups in total. The van der Waals surface area contributed by atoms with E-state index < -0.39 is 0 Å². The number of halogens is 1. The van der Waals surface area contributed by atoms with Crippen LogP contribution in [0.2, 0.25) is 0 Å². The van der Waals surface area contributed by atoms with Crippen molar-refractivity contribution in [3.05, 3.63) is 65.5 Å². The third-order valence-electron chi connectivity index (χ3n) is 3.19. The average Bonchev–Trinajstić information content (AvgIpc) is 2.55. The molecule has 0 aliphatic carbocycles. The Balaban J connectivity index is 2.17. The van der Waals surface area contributed by atoms with Crippen molar-refractivity contribution in [2.24, 2.45) is 0 Å². The Hall–Kier alpha value is -2.62. The normalized spacial score (nSPS) is 11.0. The van der Waals surface area contributed by atoms with E-state index in [-0.39, 0.29) is 17.7 Å². The van der Waals surface area contributed by atoms with E-state index >= 15 is 0 Å². The van der Waals surface area contributed by atoms with Crippen LogP contribution in [0.25, 0.3) is 6.08 Å². The Kier molecular flexibility index (Phi) is 6.13. The topological polar surface area (TPSA) is 35.5 Å². The number of hydrogen-bond acceptors (Lipinski definition) is 3. The van der Waals surface area contributed by atoms with Crippen LogP contribution in [-0.2, 0) is 0 Å². The maximum Gasteiger partial charge on any atom is 0.185 e. The lowest BCUT2D eigenvalue weighted by molar-refractivity contribution is 0.104. The number of carbonyl (C=O) groups excluding carboxylic acids is 1. The zero-order valence-corrected chi connectivity index (χ0v) is 14.1. The Morgan fingerprint density at radius 3 is 2.46 bits per heavy atom. The predicted octanol–water partition coefficient (Wildman–Crippen LogP) is 4.91. The summed E-state index contributed by atoms with van der Waals surface area (Å²) in [6.07, 6.45) is 3.21. The lowest BCUT2D eigenvalue weighted by Crippen LogP contribution is -2.07. The van der Waals surface area contributed by atoms with Crippen molar-refractivity contribution < 1.29 is 18.7 Å². The maximum absolute atomic E-state index is 12.9. The fourth-order valence-corrected chi connectivity index (χ4v) is 2.13. The van der Waals surface area contributed by atoms with Gasteiger partial charge in [0.15, 0.2) is 17.3 Å². The van der Waals surface area contributed by atoms with E-state index in [1.165, 1.54) is 30.3 Å². The van der Waals surface area contributed by atoms with E-state index in [1.807, 2.05) is 39.0 Å². The van der Waals surface area contributed by atoms with Crippen LogP contribution >= 0.6 is 0 Å². The first kappa shape index (κ1) is 17.7. The summed E-state index contributed by atoms with van der Waals surface area (Å²) in [5.74, 6) is 0.768. The van der Waals surface area contributed by atoms with Gasteiger partial charge in [0.25, 0.3) is 0 Å². The smallest absolute Gasteiger partial charge is 0.185 e. The van der Waals surface area contributed by atoms with Crippen molar-refractivity contribution in [2.45, 2.75) is 26.9 Å². The monoisotopic (exact) mass is 328 g/mol. The van der Waals surface area contributed by atoms with Crippen LogP contribution in [0.3, 0.4) is 0 Å². The number of ketones is 1. The van der Waals surface area contributed by atoms with Crippen molar-refractivity contribution >= 4 is 11.9 Å². The number of ether oxygens (including phenoxy) is 2. The highest BCUT2D eigenvalue weighted by molar-refractivity contribution is 6.06. The van der Waals surface area contributed by atoms with Crippen LogP contribution in [0.5, 0.6) is 11.5 Å². The van der Waals surface area contributed by atoms with Gasteiger partial charge in [-0.1, -0.05) is 12.1 Å². The highest BCUT2D eigenvalue weighted by atomic mass is 19.1. The molecule has 2 aromatic carbocycles. The lowest BCUT2D eigenvalue weighted by atomic mass is 10.1. The molecule has 126 valence electrons. The molecule has 0 aliphatic rings. The summed E-state index contributed by atoms with van der Waals surface area (Å²) in [5, 5.41) is 0. The minimum Gasteiger partial charge on any atom is -0.490 e. The predicted molar refractivity (Wildman–Crippen MR) is 93.1 cm³/mol. The molecule has 3 nitrogen and oxygen atoms in total. The first-order valence-corrected chi connectivity index (χ1v) is 7.91. The molecule has 0 atom stereocenters. The lowest BCUT2D eigenvalue weighted by Gasteiger charge is -2.14. The minimum atomic E-state index is -0.363. The fraction of sp³-hybridized carbons (Fsp3) is 0.250. The van der Waals surface area contributed by atoms with E-state index in [4.69, 9.17) is 9.47 Å². The summed E-state index contributed by atoms with van der Waals surface area (Å²) in [4.78, 5) is 12.1. The third kappa shape index (κ3) is 4.95. The quantitative estimate of drug-likeness (QED) is 0.535. The molecule has 2 aromatic rings. The molecule has 2 rings (SSSR count). The van der Waals surface area contributed by atoms with Gasteiger partial charge in [-0.15, -0.1) is 0 Å². The summed E-state index contributed by atoms with van der Waals surface area (Å²) in [7, 11) is 0. The molecule has 0 spiro atoms. The van der Waals surface area contributed by atoms with Gasteiger partial charge < -0.3 is 9.47 Å². The van der Waals surface area contributed by atoms with Crippen LogP contribution in [0, 0.1) is 5.82 Å². The number of rotatable bonds is 7. The molecule has 4 heteroatoms. The molecule has 0 bridgehead atoms. The van der Waals surface area contributed by atoms with Crippen molar-refractivity contribution in [3.8, 4) is 11.5 Å². The highest BCUT2D eigenvalue weighted by Gasteiger charge is 2.08. The summed E-state index contributed by atoms with van der Waals surface area (Å²) in [5.41, 5.74) is 1.27. The molecule has 0 saturated carbocycles. The largest absolute Gasteiger partial charge is 0.490 e. The van der Waals surface area contributed by atoms with Gasteiger partial charge in [-0.3, -0.25) is 4.79 Å². The summed E-state index contributed by atoms with van der Waals surface area (Å²) in [6.45, 7) is 6.33. The van der Waals surface area contributed by atoms with E-state index in [0.29, 0.717) is 23.7 Å². The molecule has 0 saturated heterocycles. The second kappa shape index (κ2) is 8.29. The highest BCUT2D eigenvalue weighted by Crippen LogP contribution is 2.30. The molecule has 0 heterocycles. The van der Waals surface area contributed by atoms with Gasteiger partial charge in [-0.2, -0.15) is 0 Å². The zero-order chi connectivity index (χ0) is 17.5. The Labute approximate surface area is 141 Å². The molecular formula is C20H21FO3. The molecular weight excluding hydrogens is 307 g/mol. The van der Waals surface area contributed by atoms with E-state index in [0.717, 1.165) is 5.56 Å². The first-order valence-electron chi connectivity index (χ1n) is 7.91. The van der Waals surface area contributed by atoms with Gasteiger partial charge in [0.1, 0.15) is 5.82 Å². The average molecular weight is 328 g/mol. The fourth-order valence-electron chi connectivity index (χ4n) is 2.13. The summed E-state index contributed by atoms with van der Waals surface area (Å²) >= 11 is 0. The SMILES string of the molecule is CCOc1cc(C=CC(=O)c2ccc(F)cc2)ccc1OC(C)C. The molecule has 0 aliphatic heterocycles. The molecule has 0 amide bonds. The van der Waals surface area contributed by atoms with Crippen LogP contribution < -0.4 is 9.47 Å². The molecule has 0 fully saturated rings. The zero-order valence-electron chi connectivity index (χ0n) is 14.1. The summed E-state index contributed by atoms with van der Waals surface area (Å²) in [6, 6.07) is 11.0.